The summed E-state index contributed by atoms with van der Waals surface area (Å²) in [4.78, 5) is 15.5. The lowest BCUT2D eigenvalue weighted by atomic mass is 9.89. The Kier molecular flexibility index (Phi) is 5.76. The highest BCUT2D eigenvalue weighted by Gasteiger charge is 2.45. The minimum atomic E-state index is -0.610. The van der Waals surface area contributed by atoms with E-state index >= 15 is 0 Å². The third-order valence-electron chi connectivity index (χ3n) is 5.93. The van der Waals surface area contributed by atoms with Crippen LogP contribution in [0.15, 0.2) is 48.5 Å². The van der Waals surface area contributed by atoms with Gasteiger partial charge in [-0.25, -0.2) is 0 Å². The molecule has 2 heterocycles. The molecule has 29 heavy (non-hydrogen) atoms. The summed E-state index contributed by atoms with van der Waals surface area (Å²) < 4.78 is 11.6. The quantitative estimate of drug-likeness (QED) is 0.734. The van der Waals surface area contributed by atoms with Crippen molar-refractivity contribution in [2.45, 2.75) is 51.3 Å². The normalized spacial score (nSPS) is 23.6. The van der Waals surface area contributed by atoms with E-state index in [0.717, 1.165) is 54.9 Å². The molecule has 2 aliphatic heterocycles. The van der Waals surface area contributed by atoms with E-state index in [1.807, 2.05) is 41.3 Å². The molecule has 1 fully saturated rings. The minimum absolute atomic E-state index is 0.0583. The number of carbonyl (C=O) groups is 1. The molecule has 0 aliphatic carbocycles. The van der Waals surface area contributed by atoms with E-state index in [9.17, 15) is 4.79 Å². The molecule has 2 aromatic rings. The zero-order chi connectivity index (χ0) is 20.3. The van der Waals surface area contributed by atoms with Crippen molar-refractivity contribution in [3.63, 3.8) is 0 Å². The van der Waals surface area contributed by atoms with Gasteiger partial charge in [0.15, 0.2) is 0 Å². The van der Waals surface area contributed by atoms with Gasteiger partial charge in [0.05, 0.1) is 18.3 Å². The maximum absolute atomic E-state index is 13.6. The lowest BCUT2D eigenvalue weighted by Crippen LogP contribution is -2.59. The maximum Gasteiger partial charge on any atom is 0.258 e. The average Bonchev–Trinajstić information content (AvgIpc) is 3.28. The topological polar surface area (TPSA) is 50.8 Å². The van der Waals surface area contributed by atoms with Crippen LogP contribution in [0.4, 0.5) is 5.69 Å². The molecule has 2 aromatic carbocycles. The molecule has 5 heteroatoms. The number of amides is 1. The standard InChI is InChI=1S/C24H30N2O3/c1-3-15-28-19-13-11-18(12-14-19)24(4-2)25-22-10-6-5-9-21(22)23(27)26(24)17-20-8-7-16-29-20/h5-6,9-14,20,25H,3-4,7-8,15-17H2,1-2H3. The van der Waals surface area contributed by atoms with E-state index in [4.69, 9.17) is 9.47 Å². The summed E-state index contributed by atoms with van der Waals surface area (Å²) >= 11 is 0. The van der Waals surface area contributed by atoms with Crippen LogP contribution >= 0.6 is 0 Å². The molecule has 1 N–H and O–H groups in total. The average molecular weight is 395 g/mol. The predicted molar refractivity (Wildman–Crippen MR) is 114 cm³/mol. The SMILES string of the molecule is CCCOc1ccc(C2(CC)Nc3ccccc3C(=O)N2CC2CCCO2)cc1. The second-order valence-corrected chi connectivity index (χ2v) is 7.81. The van der Waals surface area contributed by atoms with Gasteiger partial charge in [-0.15, -0.1) is 0 Å². The van der Waals surface area contributed by atoms with Gasteiger partial charge in [0.1, 0.15) is 11.4 Å². The first-order chi connectivity index (χ1) is 14.2. The van der Waals surface area contributed by atoms with Gasteiger partial charge in [-0.05, 0) is 55.5 Å². The Hall–Kier alpha value is -2.53. The van der Waals surface area contributed by atoms with Gasteiger partial charge in [-0.1, -0.05) is 38.1 Å². The Morgan fingerprint density at radius 2 is 1.97 bits per heavy atom. The van der Waals surface area contributed by atoms with Crippen LogP contribution in [0.3, 0.4) is 0 Å². The number of para-hydroxylation sites is 1. The predicted octanol–water partition coefficient (Wildman–Crippen LogP) is 4.79. The molecular formula is C24H30N2O3. The van der Waals surface area contributed by atoms with Crippen molar-refractivity contribution in [2.75, 3.05) is 25.1 Å². The third-order valence-corrected chi connectivity index (χ3v) is 5.93. The summed E-state index contributed by atoms with van der Waals surface area (Å²) in [6.07, 6.45) is 3.86. The summed E-state index contributed by atoms with van der Waals surface area (Å²) in [5.41, 5.74) is 2.05. The molecule has 0 aromatic heterocycles. The second kappa shape index (κ2) is 8.46. The van der Waals surface area contributed by atoms with Crippen LogP contribution in [0.5, 0.6) is 5.75 Å². The molecule has 1 saturated heterocycles. The summed E-state index contributed by atoms with van der Waals surface area (Å²) in [5, 5.41) is 3.70. The van der Waals surface area contributed by atoms with E-state index in [-0.39, 0.29) is 12.0 Å². The number of rotatable bonds is 7. The Morgan fingerprint density at radius 1 is 1.17 bits per heavy atom. The number of anilines is 1. The maximum atomic E-state index is 13.6. The smallest absolute Gasteiger partial charge is 0.258 e. The molecule has 2 unspecified atom stereocenters. The highest BCUT2D eigenvalue weighted by molar-refractivity contribution is 6.02. The van der Waals surface area contributed by atoms with Crippen LogP contribution in [0.2, 0.25) is 0 Å². The second-order valence-electron chi connectivity index (χ2n) is 7.81. The van der Waals surface area contributed by atoms with Gasteiger partial charge in [-0.3, -0.25) is 4.79 Å². The molecule has 2 atom stereocenters. The Balaban J connectivity index is 1.73. The van der Waals surface area contributed by atoms with Gasteiger partial charge >= 0.3 is 0 Å². The van der Waals surface area contributed by atoms with Crippen LogP contribution in [0.25, 0.3) is 0 Å². The van der Waals surface area contributed by atoms with Crippen molar-refractivity contribution in [1.82, 2.24) is 4.90 Å². The number of hydrogen-bond donors (Lipinski definition) is 1. The van der Waals surface area contributed by atoms with Crippen molar-refractivity contribution < 1.29 is 14.3 Å². The first kappa shape index (κ1) is 19.8. The van der Waals surface area contributed by atoms with Crippen LogP contribution < -0.4 is 10.1 Å². The summed E-state index contributed by atoms with van der Waals surface area (Å²) in [5.74, 6) is 0.915. The molecular weight excluding hydrogens is 364 g/mol. The van der Waals surface area contributed by atoms with Crippen LogP contribution in [-0.2, 0) is 10.4 Å². The zero-order valence-electron chi connectivity index (χ0n) is 17.3. The minimum Gasteiger partial charge on any atom is -0.494 e. The molecule has 0 spiro atoms. The van der Waals surface area contributed by atoms with Gasteiger partial charge in [0.2, 0.25) is 0 Å². The van der Waals surface area contributed by atoms with Crippen molar-refractivity contribution >= 4 is 11.6 Å². The fourth-order valence-electron chi connectivity index (χ4n) is 4.38. The molecule has 1 amide bonds. The van der Waals surface area contributed by atoms with Crippen molar-refractivity contribution in [3.05, 3.63) is 59.7 Å². The zero-order valence-corrected chi connectivity index (χ0v) is 17.3. The van der Waals surface area contributed by atoms with E-state index < -0.39 is 5.66 Å². The van der Waals surface area contributed by atoms with Crippen LogP contribution in [-0.4, -0.2) is 36.7 Å². The van der Waals surface area contributed by atoms with Crippen molar-refractivity contribution in [2.24, 2.45) is 0 Å². The Bertz CT molecular complexity index is 845. The van der Waals surface area contributed by atoms with Crippen molar-refractivity contribution in [3.8, 4) is 5.75 Å². The van der Waals surface area contributed by atoms with E-state index in [2.05, 4.69) is 31.3 Å². The van der Waals surface area contributed by atoms with Gasteiger partial charge in [0.25, 0.3) is 5.91 Å². The molecule has 0 bridgehead atoms. The van der Waals surface area contributed by atoms with E-state index in [1.54, 1.807) is 0 Å². The molecule has 154 valence electrons. The highest BCUT2D eigenvalue weighted by atomic mass is 16.5. The number of nitrogens with zero attached hydrogens (tertiary/aromatic N) is 1. The fourth-order valence-corrected chi connectivity index (χ4v) is 4.38. The molecule has 2 aliphatic rings. The largest absolute Gasteiger partial charge is 0.494 e. The summed E-state index contributed by atoms with van der Waals surface area (Å²) in [6.45, 7) is 6.28. The first-order valence-electron chi connectivity index (χ1n) is 10.7. The van der Waals surface area contributed by atoms with Crippen LogP contribution in [0, 0.1) is 0 Å². The lowest BCUT2D eigenvalue weighted by molar-refractivity contribution is 0.0187. The molecule has 4 rings (SSSR count). The number of ether oxygens (including phenoxy) is 2. The van der Waals surface area contributed by atoms with E-state index in [1.165, 1.54) is 0 Å². The van der Waals surface area contributed by atoms with Crippen LogP contribution in [0.1, 0.15) is 55.5 Å². The first-order valence-corrected chi connectivity index (χ1v) is 10.7. The summed E-state index contributed by atoms with van der Waals surface area (Å²) in [6, 6.07) is 15.9. The molecule has 0 radical (unpaired) electrons. The van der Waals surface area contributed by atoms with Gasteiger partial charge in [-0.2, -0.15) is 0 Å². The highest BCUT2D eigenvalue weighted by Crippen LogP contribution is 2.41. The Labute approximate surface area is 173 Å². The van der Waals surface area contributed by atoms with Gasteiger partial charge in [0, 0.05) is 18.8 Å². The third kappa shape index (κ3) is 3.71. The molecule has 5 nitrogen and oxygen atoms in total. The van der Waals surface area contributed by atoms with Gasteiger partial charge < -0.3 is 19.7 Å². The number of benzene rings is 2. The monoisotopic (exact) mass is 394 g/mol. The fraction of sp³-hybridized carbons (Fsp3) is 0.458. The number of carbonyl (C=O) groups excluding carboxylic acids is 1. The number of nitrogens with one attached hydrogen (secondary N) is 1. The van der Waals surface area contributed by atoms with Crippen molar-refractivity contribution in [1.29, 1.82) is 0 Å². The summed E-state index contributed by atoms with van der Waals surface area (Å²) in [7, 11) is 0. The molecule has 0 saturated carbocycles. The Morgan fingerprint density at radius 3 is 2.66 bits per heavy atom. The van der Waals surface area contributed by atoms with E-state index in [0.29, 0.717) is 13.2 Å². The lowest BCUT2D eigenvalue weighted by Gasteiger charge is -2.49. The number of fused-ring (bicyclic) bond motifs is 1. The number of hydrogen-bond acceptors (Lipinski definition) is 4.